The first-order valence-corrected chi connectivity index (χ1v) is 8.73. The van der Waals surface area contributed by atoms with Crippen LogP contribution < -0.4 is 0 Å². The Morgan fingerprint density at radius 3 is 2.32 bits per heavy atom. The van der Waals surface area contributed by atoms with Gasteiger partial charge in [-0.1, -0.05) is 58.4 Å². The van der Waals surface area contributed by atoms with E-state index in [-0.39, 0.29) is 19.0 Å². The van der Waals surface area contributed by atoms with Gasteiger partial charge in [0, 0.05) is 12.8 Å². The third-order valence-electron chi connectivity index (χ3n) is 3.51. The summed E-state index contributed by atoms with van der Waals surface area (Å²) in [4.78, 5) is 11.4. The van der Waals surface area contributed by atoms with Crippen molar-refractivity contribution in [2.75, 3.05) is 6.61 Å². The minimum absolute atomic E-state index is 0.113. The highest BCUT2D eigenvalue weighted by Crippen LogP contribution is 2.22. The summed E-state index contributed by atoms with van der Waals surface area (Å²) in [6.45, 7) is 4.25. The van der Waals surface area contributed by atoms with Crippen LogP contribution in [0.5, 0.6) is 0 Å². The van der Waals surface area contributed by atoms with Crippen molar-refractivity contribution in [1.82, 2.24) is 0 Å². The van der Waals surface area contributed by atoms with E-state index in [1.165, 1.54) is 25.3 Å². The molecular formula is C18H32F2O2. The summed E-state index contributed by atoms with van der Waals surface area (Å²) >= 11 is 0. The van der Waals surface area contributed by atoms with Crippen LogP contribution in [0.1, 0.15) is 84.5 Å². The number of halogens is 2. The van der Waals surface area contributed by atoms with Crippen LogP contribution in [0.3, 0.4) is 0 Å². The summed E-state index contributed by atoms with van der Waals surface area (Å²) in [6, 6.07) is 0. The van der Waals surface area contributed by atoms with E-state index in [0.29, 0.717) is 19.3 Å². The maximum Gasteiger partial charge on any atom is 0.305 e. The van der Waals surface area contributed by atoms with E-state index in [0.717, 1.165) is 31.8 Å². The molecule has 0 unspecified atom stereocenters. The van der Waals surface area contributed by atoms with Gasteiger partial charge in [0.1, 0.15) is 0 Å². The second kappa shape index (κ2) is 13.7. The molecule has 0 fully saturated rings. The molecule has 0 radical (unpaired) electrons. The van der Waals surface area contributed by atoms with Gasteiger partial charge in [-0.25, -0.2) is 8.78 Å². The number of rotatable bonds is 14. The monoisotopic (exact) mass is 318 g/mol. The van der Waals surface area contributed by atoms with Crippen molar-refractivity contribution in [3.63, 3.8) is 0 Å². The molecule has 0 spiro atoms. The first-order chi connectivity index (χ1) is 10.5. The van der Waals surface area contributed by atoms with E-state index in [1.54, 1.807) is 0 Å². The molecule has 0 atom stereocenters. The number of alkyl halides is 2. The maximum absolute atomic E-state index is 13.3. The van der Waals surface area contributed by atoms with Gasteiger partial charge >= 0.3 is 5.97 Å². The molecule has 0 aliphatic heterocycles. The van der Waals surface area contributed by atoms with Crippen LogP contribution >= 0.6 is 0 Å². The summed E-state index contributed by atoms with van der Waals surface area (Å²) in [5, 5.41) is 0. The van der Waals surface area contributed by atoms with Crippen molar-refractivity contribution < 1.29 is 18.3 Å². The predicted octanol–water partition coefficient (Wildman–Crippen LogP) is 6.05. The molecule has 0 rings (SSSR count). The number of hydrogen-bond acceptors (Lipinski definition) is 2. The Labute approximate surface area is 134 Å². The molecule has 0 aliphatic carbocycles. The van der Waals surface area contributed by atoms with Gasteiger partial charge in [0.05, 0.1) is 6.61 Å². The van der Waals surface area contributed by atoms with Gasteiger partial charge < -0.3 is 4.74 Å². The average Bonchev–Trinajstić information content (AvgIpc) is 2.48. The zero-order valence-electron chi connectivity index (χ0n) is 14.2. The fraction of sp³-hybridized carbons (Fsp3) is 0.833. The highest BCUT2D eigenvalue weighted by Gasteiger charge is 2.23. The van der Waals surface area contributed by atoms with E-state index in [1.807, 2.05) is 6.92 Å². The topological polar surface area (TPSA) is 26.3 Å². The van der Waals surface area contributed by atoms with Gasteiger partial charge in [0.15, 0.2) is 0 Å². The second-order valence-corrected chi connectivity index (χ2v) is 5.79. The minimum atomic E-state index is -2.74. The zero-order chi connectivity index (χ0) is 16.7. The van der Waals surface area contributed by atoms with Gasteiger partial charge in [0.25, 0.3) is 5.92 Å². The van der Waals surface area contributed by atoms with Crippen LogP contribution in [0, 0.1) is 0 Å². The van der Waals surface area contributed by atoms with Crippen LogP contribution in [0.25, 0.3) is 0 Å². The molecule has 2 nitrogen and oxygen atoms in total. The Morgan fingerprint density at radius 2 is 1.64 bits per heavy atom. The van der Waals surface area contributed by atoms with E-state index in [4.69, 9.17) is 4.74 Å². The van der Waals surface area contributed by atoms with Gasteiger partial charge in [-0.05, 0) is 25.3 Å². The van der Waals surface area contributed by atoms with Crippen molar-refractivity contribution in [1.29, 1.82) is 0 Å². The van der Waals surface area contributed by atoms with Crippen LogP contribution in [0.15, 0.2) is 12.2 Å². The SMILES string of the molecule is CCCCCCCCC(=O)OCC/C=C\C(F)(F)CCCC. The predicted molar refractivity (Wildman–Crippen MR) is 87.2 cm³/mol. The van der Waals surface area contributed by atoms with Gasteiger partial charge in [-0.3, -0.25) is 4.79 Å². The van der Waals surface area contributed by atoms with Crippen LogP contribution in [0.4, 0.5) is 8.78 Å². The van der Waals surface area contributed by atoms with Gasteiger partial charge in [-0.2, -0.15) is 0 Å². The third kappa shape index (κ3) is 14.0. The number of esters is 1. The number of allylic oxidation sites excluding steroid dienone is 1. The molecule has 0 N–H and O–H groups in total. The number of unbranched alkanes of at least 4 members (excludes halogenated alkanes) is 6. The Balaban J connectivity index is 3.55. The lowest BCUT2D eigenvalue weighted by atomic mass is 10.1. The molecule has 0 aromatic heterocycles. The minimum Gasteiger partial charge on any atom is -0.465 e. The van der Waals surface area contributed by atoms with Crippen molar-refractivity contribution >= 4 is 5.97 Å². The molecule has 4 heteroatoms. The van der Waals surface area contributed by atoms with Crippen molar-refractivity contribution in [3.8, 4) is 0 Å². The van der Waals surface area contributed by atoms with Crippen molar-refractivity contribution in [3.05, 3.63) is 12.2 Å². The smallest absolute Gasteiger partial charge is 0.305 e. The molecule has 130 valence electrons. The first kappa shape index (κ1) is 21.1. The Hall–Kier alpha value is -0.930. The lowest BCUT2D eigenvalue weighted by Gasteiger charge is -2.10. The lowest BCUT2D eigenvalue weighted by molar-refractivity contribution is -0.143. The maximum atomic E-state index is 13.3. The van der Waals surface area contributed by atoms with Crippen LogP contribution in [-0.2, 0) is 9.53 Å². The number of hydrogen-bond donors (Lipinski definition) is 0. The van der Waals surface area contributed by atoms with Crippen molar-refractivity contribution in [2.45, 2.75) is 90.4 Å². The zero-order valence-corrected chi connectivity index (χ0v) is 14.2. The van der Waals surface area contributed by atoms with E-state index >= 15 is 0 Å². The Morgan fingerprint density at radius 1 is 1.00 bits per heavy atom. The van der Waals surface area contributed by atoms with Gasteiger partial charge in [-0.15, -0.1) is 0 Å². The van der Waals surface area contributed by atoms with E-state index < -0.39 is 5.92 Å². The molecule has 0 aromatic rings. The fourth-order valence-electron chi connectivity index (χ4n) is 2.11. The Kier molecular flexibility index (Phi) is 13.1. The van der Waals surface area contributed by atoms with Crippen LogP contribution in [-0.4, -0.2) is 18.5 Å². The molecule has 0 saturated carbocycles. The largest absolute Gasteiger partial charge is 0.465 e. The summed E-state index contributed by atoms with van der Waals surface area (Å²) in [5.41, 5.74) is 0. The molecular weight excluding hydrogens is 286 g/mol. The molecule has 0 amide bonds. The number of ether oxygens (including phenoxy) is 1. The van der Waals surface area contributed by atoms with E-state index in [2.05, 4.69) is 6.92 Å². The number of carbonyl (C=O) groups excluding carboxylic acids is 1. The van der Waals surface area contributed by atoms with E-state index in [9.17, 15) is 13.6 Å². The summed E-state index contributed by atoms with van der Waals surface area (Å²) in [6.07, 6.45) is 11.1. The van der Waals surface area contributed by atoms with Crippen molar-refractivity contribution in [2.24, 2.45) is 0 Å². The van der Waals surface area contributed by atoms with Gasteiger partial charge in [0.2, 0.25) is 0 Å². The Bertz CT molecular complexity index is 301. The third-order valence-corrected chi connectivity index (χ3v) is 3.51. The summed E-state index contributed by atoms with van der Waals surface area (Å²) in [7, 11) is 0. The first-order valence-electron chi connectivity index (χ1n) is 8.73. The molecule has 0 aliphatic rings. The average molecular weight is 318 g/mol. The highest BCUT2D eigenvalue weighted by molar-refractivity contribution is 5.69. The molecule has 0 saturated heterocycles. The lowest BCUT2D eigenvalue weighted by Crippen LogP contribution is -2.11. The standard InChI is InChI=1S/C18H32F2O2/c1-3-5-7-8-9-10-13-17(21)22-16-12-11-15-18(19,20)14-6-4-2/h11,15H,3-10,12-14,16H2,1-2H3/b15-11-. The molecule has 0 bridgehead atoms. The summed E-state index contributed by atoms with van der Waals surface area (Å²) in [5.74, 6) is -2.96. The highest BCUT2D eigenvalue weighted by atomic mass is 19.3. The quantitative estimate of drug-likeness (QED) is 0.221. The molecule has 22 heavy (non-hydrogen) atoms. The fourth-order valence-corrected chi connectivity index (χ4v) is 2.11. The summed E-state index contributed by atoms with van der Waals surface area (Å²) < 4.78 is 31.6. The molecule has 0 heterocycles. The molecule has 0 aromatic carbocycles. The normalized spacial score (nSPS) is 12.0. The second-order valence-electron chi connectivity index (χ2n) is 5.79. The number of carbonyl (C=O) groups is 1. The van der Waals surface area contributed by atoms with Crippen LogP contribution in [0.2, 0.25) is 0 Å².